The fourth-order valence-electron chi connectivity index (χ4n) is 2.59. The Kier molecular flexibility index (Phi) is 7.20. The Bertz CT molecular complexity index is 1150. The summed E-state index contributed by atoms with van der Waals surface area (Å²) >= 11 is 5.58. The van der Waals surface area contributed by atoms with Crippen LogP contribution in [0.4, 0.5) is 77.2 Å². The molecule has 1 aromatic rings. The Balaban J connectivity index is 2.52. The summed E-state index contributed by atoms with van der Waals surface area (Å²) in [6.45, 7) is -0.902. The van der Waals surface area contributed by atoms with E-state index in [0.717, 1.165) is 0 Å². The van der Waals surface area contributed by atoms with Crippen LogP contribution in [0.25, 0.3) is 0 Å². The van der Waals surface area contributed by atoms with Gasteiger partial charge in [0.2, 0.25) is 0 Å². The number of benzene rings is 1. The van der Waals surface area contributed by atoms with Crippen LogP contribution in [0.1, 0.15) is 0 Å². The Morgan fingerprint density at radius 1 is 0.842 bits per heavy atom. The lowest BCUT2D eigenvalue weighted by Gasteiger charge is -2.41. The average Bonchev–Trinajstić information content (AvgIpc) is 2.75. The van der Waals surface area contributed by atoms with Crippen LogP contribution in [-0.2, 0) is 9.59 Å². The summed E-state index contributed by atoms with van der Waals surface area (Å²) in [7, 11) is 0. The van der Waals surface area contributed by atoms with Gasteiger partial charge < -0.3 is 20.5 Å². The van der Waals surface area contributed by atoms with Crippen molar-refractivity contribution in [2.75, 3.05) is 17.2 Å². The molecule has 2 amide bonds. The molecular weight excluding hydrogens is 605 g/mol. The van der Waals surface area contributed by atoms with E-state index in [1.165, 1.54) is 0 Å². The maximum atomic E-state index is 14.0. The fraction of sp³-hybridized carbons (Fsp3) is 0.500. The zero-order valence-electron chi connectivity index (χ0n) is 17.0. The number of hydrogen-bond acceptors (Lipinski definition) is 4. The van der Waals surface area contributed by atoms with Crippen molar-refractivity contribution < 1.29 is 85.3 Å². The van der Waals surface area contributed by atoms with Gasteiger partial charge >= 0.3 is 47.6 Å². The number of alkyl halides is 15. The van der Waals surface area contributed by atoms with Gasteiger partial charge in [-0.05, 0) is 6.07 Å². The Morgan fingerprint density at radius 3 is 1.76 bits per heavy atom. The van der Waals surface area contributed by atoms with Gasteiger partial charge in [-0.3, -0.25) is 9.59 Å². The molecule has 0 radical (unpaired) electrons. The molecule has 38 heavy (non-hydrogen) atoms. The number of amides is 2. The van der Waals surface area contributed by atoms with Gasteiger partial charge in [0.25, 0.3) is 5.91 Å². The summed E-state index contributed by atoms with van der Waals surface area (Å²) in [4.78, 5) is 22.9. The summed E-state index contributed by atoms with van der Waals surface area (Å²) in [5, 5.41) is 11.6. The SMILES string of the molecule is O=C1COc2c(O)c(NC(=O)C(F)(F)C(F)(F)C(F)(F)C(F)(F)C(F)(F)C(F)(F)C(F)(F)F)cc(Cl)c2N1. The van der Waals surface area contributed by atoms with Crippen molar-refractivity contribution in [1.29, 1.82) is 0 Å². The number of fused-ring (bicyclic) bond motifs is 1. The topological polar surface area (TPSA) is 87.7 Å². The predicted octanol–water partition coefficient (Wildman–Crippen LogP) is 5.69. The van der Waals surface area contributed by atoms with E-state index in [4.69, 9.17) is 11.6 Å². The number of phenols is 1. The number of ether oxygens (including phenoxy) is 1. The van der Waals surface area contributed by atoms with Gasteiger partial charge in [0.15, 0.2) is 18.1 Å². The third-order valence-corrected chi connectivity index (χ3v) is 4.98. The van der Waals surface area contributed by atoms with Gasteiger partial charge in [-0.25, -0.2) is 0 Å². The number of halogens is 16. The minimum Gasteiger partial charge on any atom is -0.503 e. The highest BCUT2D eigenvalue weighted by molar-refractivity contribution is 6.35. The minimum absolute atomic E-state index is 0.182. The molecule has 216 valence electrons. The van der Waals surface area contributed by atoms with Crippen molar-refractivity contribution in [2.24, 2.45) is 0 Å². The van der Waals surface area contributed by atoms with Crippen molar-refractivity contribution in [3.63, 3.8) is 0 Å². The lowest BCUT2D eigenvalue weighted by atomic mass is 9.91. The zero-order chi connectivity index (χ0) is 30.1. The molecule has 0 aromatic heterocycles. The lowest BCUT2D eigenvalue weighted by Crippen LogP contribution is -2.73. The van der Waals surface area contributed by atoms with Crippen LogP contribution in [0.5, 0.6) is 11.5 Å². The molecule has 0 spiro atoms. The second-order valence-corrected chi connectivity index (χ2v) is 7.60. The number of hydrogen-bond donors (Lipinski definition) is 3. The Morgan fingerprint density at radius 2 is 1.29 bits per heavy atom. The van der Waals surface area contributed by atoms with Gasteiger partial charge in [-0.15, -0.1) is 0 Å². The summed E-state index contributed by atoms with van der Waals surface area (Å²) in [6.07, 6.45) is -7.77. The molecule has 0 bridgehead atoms. The molecule has 2 rings (SSSR count). The number of carbonyl (C=O) groups is 2. The van der Waals surface area contributed by atoms with Crippen molar-refractivity contribution in [3.8, 4) is 11.5 Å². The van der Waals surface area contributed by atoms with Crippen molar-refractivity contribution in [2.45, 2.75) is 41.7 Å². The number of phenolic OH excluding ortho intramolecular Hbond substituents is 1. The van der Waals surface area contributed by atoms with Crippen molar-refractivity contribution in [3.05, 3.63) is 11.1 Å². The van der Waals surface area contributed by atoms with Crippen LogP contribution in [0.3, 0.4) is 0 Å². The number of carbonyl (C=O) groups excluding carboxylic acids is 2. The number of aromatic hydroxyl groups is 1. The van der Waals surface area contributed by atoms with Crippen molar-refractivity contribution in [1.82, 2.24) is 0 Å². The average molecular weight is 611 g/mol. The first kappa shape index (κ1) is 31.2. The van der Waals surface area contributed by atoms with Crippen LogP contribution in [0.2, 0.25) is 5.02 Å². The van der Waals surface area contributed by atoms with E-state index in [9.17, 15) is 80.6 Å². The molecule has 0 atom stereocenters. The molecule has 0 saturated heterocycles. The maximum absolute atomic E-state index is 14.0. The van der Waals surface area contributed by atoms with Crippen LogP contribution in [-0.4, -0.2) is 65.2 Å². The first-order valence-corrected chi connectivity index (χ1v) is 9.21. The fourth-order valence-corrected chi connectivity index (χ4v) is 2.83. The first-order valence-electron chi connectivity index (χ1n) is 8.83. The minimum atomic E-state index is -8.57. The van der Waals surface area contributed by atoms with E-state index in [0.29, 0.717) is 5.32 Å². The number of rotatable bonds is 7. The van der Waals surface area contributed by atoms with Gasteiger partial charge in [0.05, 0.1) is 10.7 Å². The monoisotopic (exact) mass is 610 g/mol. The summed E-state index contributed by atoms with van der Waals surface area (Å²) in [5.41, 5.74) is -2.12. The third-order valence-electron chi connectivity index (χ3n) is 4.68. The van der Waals surface area contributed by atoms with E-state index in [1.54, 1.807) is 0 Å². The molecular formula is C16H6ClF15N2O4. The molecule has 1 aliphatic rings. The van der Waals surface area contributed by atoms with E-state index >= 15 is 0 Å². The highest BCUT2D eigenvalue weighted by atomic mass is 35.5. The van der Waals surface area contributed by atoms with E-state index in [1.807, 2.05) is 5.32 Å². The van der Waals surface area contributed by atoms with E-state index in [-0.39, 0.29) is 6.07 Å². The molecule has 3 N–H and O–H groups in total. The largest absolute Gasteiger partial charge is 0.503 e. The summed E-state index contributed by atoms with van der Waals surface area (Å²) < 4.78 is 203. The second kappa shape index (κ2) is 8.76. The van der Waals surface area contributed by atoms with Gasteiger partial charge in [-0.2, -0.15) is 65.9 Å². The zero-order valence-corrected chi connectivity index (χ0v) is 17.8. The molecule has 0 unspecified atom stereocenters. The van der Waals surface area contributed by atoms with Gasteiger partial charge in [-0.1, -0.05) is 11.6 Å². The molecule has 22 heteroatoms. The highest BCUT2D eigenvalue weighted by Gasteiger charge is 2.94. The molecule has 0 fully saturated rings. The summed E-state index contributed by atoms with van der Waals surface area (Å²) in [5.74, 6) is -56.2. The second-order valence-electron chi connectivity index (χ2n) is 7.19. The Hall–Kier alpha value is -3.00. The third kappa shape index (κ3) is 4.17. The maximum Gasteiger partial charge on any atom is 0.460 e. The van der Waals surface area contributed by atoms with Crippen LogP contribution < -0.4 is 15.4 Å². The quantitative estimate of drug-likeness (QED) is 0.274. The normalized spacial score (nSPS) is 15.9. The molecule has 1 aromatic carbocycles. The first-order chi connectivity index (χ1) is 16.7. The van der Waals surface area contributed by atoms with Crippen LogP contribution in [0.15, 0.2) is 6.07 Å². The van der Waals surface area contributed by atoms with Crippen molar-refractivity contribution >= 4 is 34.8 Å². The van der Waals surface area contributed by atoms with Gasteiger partial charge in [0, 0.05) is 0 Å². The van der Waals surface area contributed by atoms with E-state index < -0.39 is 88.0 Å². The molecule has 6 nitrogen and oxygen atoms in total. The van der Waals surface area contributed by atoms with Crippen LogP contribution >= 0.6 is 11.6 Å². The predicted molar refractivity (Wildman–Crippen MR) is 91.6 cm³/mol. The smallest absolute Gasteiger partial charge is 0.460 e. The molecule has 0 aliphatic carbocycles. The van der Waals surface area contributed by atoms with E-state index in [2.05, 4.69) is 4.74 Å². The highest BCUT2D eigenvalue weighted by Crippen LogP contribution is 2.62. The lowest BCUT2D eigenvalue weighted by molar-refractivity contribution is -0.449. The molecule has 1 aliphatic heterocycles. The van der Waals surface area contributed by atoms with Crippen LogP contribution in [0, 0.1) is 0 Å². The number of nitrogens with one attached hydrogen (secondary N) is 2. The molecule has 1 heterocycles. The molecule has 0 saturated carbocycles. The summed E-state index contributed by atoms with van der Waals surface area (Å²) in [6, 6.07) is 0.182. The standard InChI is InChI=1S/C16H6ClF15N2O4/c17-3-1-4(7(36)8-6(3)34-5(35)2-38-8)33-9(37)10(18,19)11(20,21)12(22,23)13(24,25)14(26,27)15(28,29)16(30,31)32/h1,36H,2H2,(H,33,37)(H,34,35). The Labute approximate surface area is 202 Å². The van der Waals surface area contributed by atoms with Gasteiger partial charge in [0.1, 0.15) is 5.69 Å². The number of anilines is 2.